The van der Waals surface area contributed by atoms with E-state index in [0.717, 1.165) is 50.8 Å². The van der Waals surface area contributed by atoms with Crippen LogP contribution in [0.1, 0.15) is 52.4 Å². The molecule has 0 aromatic carbocycles. The van der Waals surface area contributed by atoms with Crippen molar-refractivity contribution in [2.75, 3.05) is 25.5 Å². The maximum Gasteiger partial charge on any atom is 0.242 e. The van der Waals surface area contributed by atoms with Crippen molar-refractivity contribution < 1.29 is 9.59 Å². The Labute approximate surface area is 166 Å². The third-order valence-electron chi connectivity index (χ3n) is 4.60. The van der Waals surface area contributed by atoms with Crippen LogP contribution in [0.5, 0.6) is 0 Å². The maximum absolute atomic E-state index is 12.6. The van der Waals surface area contributed by atoms with E-state index in [4.69, 9.17) is 0 Å². The zero-order chi connectivity index (χ0) is 19.4. The highest BCUT2D eigenvalue weighted by molar-refractivity contribution is 9.09. The second kappa shape index (κ2) is 12.9. The van der Waals surface area contributed by atoms with Crippen LogP contribution in [-0.4, -0.2) is 42.1 Å². The Bertz CT molecular complexity index is 599. The van der Waals surface area contributed by atoms with Gasteiger partial charge in [-0.05, 0) is 58.2 Å². The van der Waals surface area contributed by atoms with Crippen LogP contribution in [0.3, 0.4) is 0 Å². The average molecular weight is 423 g/mol. The lowest BCUT2D eigenvalue weighted by molar-refractivity contribution is -0.122. The molecule has 1 unspecified atom stereocenters. The van der Waals surface area contributed by atoms with Gasteiger partial charge in [0.2, 0.25) is 5.91 Å². The van der Waals surface area contributed by atoms with Gasteiger partial charge in [-0.15, -0.1) is 0 Å². The van der Waals surface area contributed by atoms with Crippen molar-refractivity contribution in [3.8, 4) is 12.0 Å². The molecule has 0 aromatic heterocycles. The van der Waals surface area contributed by atoms with Gasteiger partial charge < -0.3 is 4.90 Å². The Morgan fingerprint density at radius 3 is 2.62 bits per heavy atom. The Morgan fingerprint density at radius 2 is 2.04 bits per heavy atom. The quantitative estimate of drug-likeness (QED) is 0.330. The molecule has 4 nitrogen and oxygen atoms in total. The molecular formula is C21H31BrN2O2. The first-order valence-corrected chi connectivity index (χ1v) is 10.6. The highest BCUT2D eigenvalue weighted by Gasteiger charge is 2.19. The van der Waals surface area contributed by atoms with Crippen LogP contribution in [-0.2, 0) is 9.59 Å². The van der Waals surface area contributed by atoms with Crippen molar-refractivity contribution >= 4 is 27.6 Å². The summed E-state index contributed by atoms with van der Waals surface area (Å²) in [6.45, 7) is 6.35. The number of halogens is 1. The predicted octanol–water partition coefficient (Wildman–Crippen LogP) is 3.82. The molecule has 1 rings (SSSR count). The second-order valence-corrected chi connectivity index (χ2v) is 7.35. The van der Waals surface area contributed by atoms with Crippen molar-refractivity contribution in [2.45, 2.75) is 52.4 Å². The first kappa shape index (κ1) is 22.7. The minimum Gasteiger partial charge on any atom is -0.306 e. The van der Waals surface area contributed by atoms with Gasteiger partial charge in [-0.1, -0.05) is 47.5 Å². The molecule has 0 aliphatic heterocycles. The fourth-order valence-electron chi connectivity index (χ4n) is 2.98. The van der Waals surface area contributed by atoms with Gasteiger partial charge in [-0.3, -0.25) is 14.9 Å². The first-order chi connectivity index (χ1) is 12.5. The SMILES string of the molecule is CCCN(C)CCC(CC)C(=O)CC1=CC=C(C#CNC(=O)CBr)CC1. The zero-order valence-electron chi connectivity index (χ0n) is 16.2. The number of allylic oxidation sites excluding steroid dienone is 4. The van der Waals surface area contributed by atoms with Gasteiger partial charge in [0.05, 0.1) is 5.33 Å². The Morgan fingerprint density at radius 1 is 1.27 bits per heavy atom. The molecule has 0 fully saturated rings. The van der Waals surface area contributed by atoms with Crippen LogP contribution in [0.2, 0.25) is 0 Å². The molecule has 26 heavy (non-hydrogen) atoms. The molecule has 0 bridgehead atoms. The number of nitrogens with one attached hydrogen (secondary N) is 1. The minimum atomic E-state index is -0.147. The first-order valence-electron chi connectivity index (χ1n) is 9.45. The number of nitrogens with zero attached hydrogens (tertiary/aromatic N) is 1. The number of rotatable bonds is 10. The van der Waals surface area contributed by atoms with E-state index < -0.39 is 0 Å². The van der Waals surface area contributed by atoms with E-state index in [1.807, 2.05) is 12.2 Å². The summed E-state index contributed by atoms with van der Waals surface area (Å²) in [5, 5.41) is 2.76. The highest BCUT2D eigenvalue weighted by Crippen LogP contribution is 2.23. The lowest BCUT2D eigenvalue weighted by Gasteiger charge is -2.20. The molecule has 1 aliphatic rings. The highest BCUT2D eigenvalue weighted by atomic mass is 79.9. The number of hydrogen-bond acceptors (Lipinski definition) is 3. The Kier molecular flexibility index (Phi) is 11.2. The van der Waals surface area contributed by atoms with Crippen LogP contribution in [0, 0.1) is 17.9 Å². The molecule has 144 valence electrons. The van der Waals surface area contributed by atoms with Crippen molar-refractivity contribution in [1.82, 2.24) is 10.2 Å². The van der Waals surface area contributed by atoms with Gasteiger partial charge >= 0.3 is 0 Å². The largest absolute Gasteiger partial charge is 0.306 e. The number of ketones is 1. The van der Waals surface area contributed by atoms with Gasteiger partial charge in [0.15, 0.2) is 0 Å². The molecule has 0 radical (unpaired) electrons. The predicted molar refractivity (Wildman–Crippen MR) is 111 cm³/mol. The molecule has 5 heteroatoms. The van der Waals surface area contributed by atoms with Crippen LogP contribution in [0.4, 0.5) is 0 Å². The van der Waals surface area contributed by atoms with Crippen LogP contribution in [0.15, 0.2) is 23.3 Å². The van der Waals surface area contributed by atoms with Gasteiger partial charge in [0.25, 0.3) is 0 Å². The van der Waals surface area contributed by atoms with E-state index in [1.54, 1.807) is 0 Å². The maximum atomic E-state index is 12.6. The summed E-state index contributed by atoms with van der Waals surface area (Å²) in [4.78, 5) is 26.0. The fraction of sp³-hybridized carbons (Fsp3) is 0.619. The van der Waals surface area contributed by atoms with Crippen molar-refractivity contribution in [3.05, 3.63) is 23.3 Å². The molecule has 1 aliphatic carbocycles. The monoisotopic (exact) mass is 422 g/mol. The number of alkyl halides is 1. The number of amides is 1. The molecule has 1 N–H and O–H groups in total. The molecule has 0 spiro atoms. The minimum absolute atomic E-state index is 0.147. The van der Waals surface area contributed by atoms with Crippen molar-refractivity contribution in [1.29, 1.82) is 0 Å². The van der Waals surface area contributed by atoms with Gasteiger partial charge in [-0.25, -0.2) is 0 Å². The molecule has 0 aromatic rings. The summed E-state index contributed by atoms with van der Waals surface area (Å²) >= 11 is 3.08. The van der Waals surface area contributed by atoms with Gasteiger partial charge in [0.1, 0.15) is 5.78 Å². The summed E-state index contributed by atoms with van der Waals surface area (Å²) in [7, 11) is 2.12. The summed E-state index contributed by atoms with van der Waals surface area (Å²) < 4.78 is 0. The molecule has 1 amide bonds. The Balaban J connectivity index is 2.51. The van der Waals surface area contributed by atoms with E-state index in [9.17, 15) is 9.59 Å². The fourth-order valence-corrected chi connectivity index (χ4v) is 3.12. The van der Waals surface area contributed by atoms with Crippen LogP contribution < -0.4 is 5.32 Å². The van der Waals surface area contributed by atoms with E-state index in [2.05, 4.69) is 59.0 Å². The summed E-state index contributed by atoms with van der Waals surface area (Å²) in [5.74, 6) is 3.33. The van der Waals surface area contributed by atoms with E-state index in [0.29, 0.717) is 12.2 Å². The lowest BCUT2D eigenvalue weighted by atomic mass is 9.89. The van der Waals surface area contributed by atoms with Gasteiger partial charge in [0, 0.05) is 24.0 Å². The molecule has 0 saturated carbocycles. The van der Waals surface area contributed by atoms with Crippen LogP contribution >= 0.6 is 15.9 Å². The average Bonchev–Trinajstić information content (AvgIpc) is 2.63. The summed E-state index contributed by atoms with van der Waals surface area (Å²) in [5.41, 5.74) is 2.18. The lowest BCUT2D eigenvalue weighted by Crippen LogP contribution is -2.25. The van der Waals surface area contributed by atoms with E-state index >= 15 is 0 Å². The normalized spacial score (nSPS) is 14.8. The molecule has 1 atom stereocenters. The molecule has 0 saturated heterocycles. The smallest absolute Gasteiger partial charge is 0.242 e. The number of carbonyl (C=O) groups is 2. The van der Waals surface area contributed by atoms with Gasteiger partial charge in [-0.2, -0.15) is 0 Å². The standard InChI is InChI=1S/C21H31BrN2O2/c1-4-13-24(3)14-11-19(5-2)20(25)15-18-8-6-17(7-9-18)10-12-23-21(26)16-22/h6,8,19H,4-5,7,9,11,13-16H2,1-3H3,(H,23,26). The van der Waals surface area contributed by atoms with E-state index in [1.165, 1.54) is 5.57 Å². The van der Waals surface area contributed by atoms with Crippen molar-refractivity contribution in [3.63, 3.8) is 0 Å². The summed E-state index contributed by atoms with van der Waals surface area (Å²) in [6.07, 6.45) is 9.23. The molecule has 0 heterocycles. The summed E-state index contributed by atoms with van der Waals surface area (Å²) in [6, 6.07) is 2.68. The number of hydrogen-bond donors (Lipinski definition) is 1. The topological polar surface area (TPSA) is 49.4 Å². The van der Waals surface area contributed by atoms with E-state index in [-0.39, 0.29) is 17.2 Å². The third kappa shape index (κ3) is 8.82. The van der Waals surface area contributed by atoms with Crippen molar-refractivity contribution in [2.24, 2.45) is 5.92 Å². The number of carbonyl (C=O) groups excluding carboxylic acids is 2. The third-order valence-corrected chi connectivity index (χ3v) is 5.11. The van der Waals surface area contributed by atoms with Crippen LogP contribution in [0.25, 0.3) is 0 Å². The Hall–Kier alpha value is -1.38. The molecular weight excluding hydrogens is 392 g/mol. The zero-order valence-corrected chi connectivity index (χ0v) is 17.8. The number of Topliss-reactive ketones (excluding diaryl/α,β-unsaturated/α-hetero) is 1. The second-order valence-electron chi connectivity index (χ2n) is 6.79.